The summed E-state index contributed by atoms with van der Waals surface area (Å²) >= 11 is 0. The second-order valence-electron chi connectivity index (χ2n) is 5.65. The summed E-state index contributed by atoms with van der Waals surface area (Å²) in [4.78, 5) is 5.94. The molecule has 1 aliphatic heterocycles. The minimum absolute atomic E-state index is 0. The second-order valence-corrected chi connectivity index (χ2v) is 5.65. The van der Waals surface area contributed by atoms with Crippen LogP contribution in [0.1, 0.15) is 30.0 Å². The van der Waals surface area contributed by atoms with Crippen molar-refractivity contribution < 1.29 is 4.74 Å². The van der Waals surface area contributed by atoms with Crippen molar-refractivity contribution in [1.29, 1.82) is 0 Å². The molecule has 1 N–H and O–H groups in total. The Morgan fingerprint density at radius 3 is 2.60 bits per heavy atom. The predicted octanol–water partition coefficient (Wildman–Crippen LogP) is 3.72. The number of fused-ring (bicyclic) bond motifs is 1. The van der Waals surface area contributed by atoms with Crippen molar-refractivity contribution in [2.75, 3.05) is 27.2 Å². The molecule has 1 fully saturated rings. The van der Waals surface area contributed by atoms with E-state index in [0.717, 1.165) is 5.75 Å². The van der Waals surface area contributed by atoms with Gasteiger partial charge in [-0.1, -0.05) is 0 Å². The van der Waals surface area contributed by atoms with Crippen molar-refractivity contribution in [3.63, 3.8) is 0 Å². The minimum Gasteiger partial charge on any atom is -0.497 e. The molecule has 0 atom stereocenters. The van der Waals surface area contributed by atoms with Gasteiger partial charge in [0.2, 0.25) is 0 Å². The van der Waals surface area contributed by atoms with Crippen LogP contribution in [0.2, 0.25) is 0 Å². The lowest BCUT2D eigenvalue weighted by molar-refractivity contribution is 0.255. The van der Waals surface area contributed by atoms with Crippen LogP contribution in [0, 0.1) is 6.92 Å². The number of ether oxygens (including phenoxy) is 1. The number of hydrogen-bond donors (Lipinski definition) is 1. The lowest BCUT2D eigenvalue weighted by Crippen LogP contribution is -2.29. The fourth-order valence-electron chi connectivity index (χ4n) is 3.28. The molecule has 0 bridgehead atoms. The first-order valence-electron chi connectivity index (χ1n) is 7.04. The number of methoxy groups -OCH3 is 1. The van der Waals surface area contributed by atoms with Crippen LogP contribution in [0.3, 0.4) is 0 Å². The van der Waals surface area contributed by atoms with E-state index >= 15 is 0 Å². The third-order valence-corrected chi connectivity index (χ3v) is 4.37. The van der Waals surface area contributed by atoms with Crippen molar-refractivity contribution in [2.24, 2.45) is 0 Å². The number of aryl methyl sites for hydroxylation is 1. The van der Waals surface area contributed by atoms with E-state index in [9.17, 15) is 0 Å². The molecule has 110 valence electrons. The molecule has 20 heavy (non-hydrogen) atoms. The molecule has 0 saturated carbocycles. The summed E-state index contributed by atoms with van der Waals surface area (Å²) in [6, 6.07) is 6.32. The number of aromatic amines is 1. The molecule has 0 amide bonds. The Bertz CT molecular complexity index is 585. The van der Waals surface area contributed by atoms with Crippen molar-refractivity contribution in [3.05, 3.63) is 29.5 Å². The topological polar surface area (TPSA) is 28.3 Å². The third-order valence-electron chi connectivity index (χ3n) is 4.37. The van der Waals surface area contributed by atoms with E-state index in [0.29, 0.717) is 5.92 Å². The van der Waals surface area contributed by atoms with Gasteiger partial charge in [0.25, 0.3) is 0 Å². The van der Waals surface area contributed by atoms with E-state index in [2.05, 4.69) is 36.0 Å². The van der Waals surface area contributed by atoms with Gasteiger partial charge in [-0.25, -0.2) is 0 Å². The maximum atomic E-state index is 5.37. The average molecular weight is 295 g/mol. The zero-order valence-electron chi connectivity index (χ0n) is 12.4. The average Bonchev–Trinajstić information content (AvgIpc) is 2.75. The van der Waals surface area contributed by atoms with Crippen molar-refractivity contribution in [2.45, 2.75) is 25.7 Å². The Morgan fingerprint density at radius 2 is 1.95 bits per heavy atom. The number of H-pyrrole nitrogens is 1. The van der Waals surface area contributed by atoms with Gasteiger partial charge in [-0.15, -0.1) is 12.4 Å². The summed E-state index contributed by atoms with van der Waals surface area (Å²) in [5, 5.41) is 1.34. The molecular formula is C16H23ClN2O. The lowest BCUT2D eigenvalue weighted by atomic mass is 9.88. The number of piperidine rings is 1. The molecular weight excluding hydrogens is 272 g/mol. The zero-order valence-corrected chi connectivity index (χ0v) is 13.2. The quantitative estimate of drug-likeness (QED) is 0.914. The fraction of sp³-hybridized carbons (Fsp3) is 0.500. The molecule has 3 nitrogen and oxygen atoms in total. The maximum Gasteiger partial charge on any atom is 0.119 e. The number of likely N-dealkylation sites (tertiary alicyclic amines) is 1. The van der Waals surface area contributed by atoms with E-state index in [4.69, 9.17) is 4.74 Å². The van der Waals surface area contributed by atoms with Crippen molar-refractivity contribution in [1.82, 2.24) is 9.88 Å². The van der Waals surface area contributed by atoms with Crippen LogP contribution in [0.5, 0.6) is 5.75 Å². The maximum absolute atomic E-state index is 5.37. The molecule has 1 aromatic heterocycles. The highest BCUT2D eigenvalue weighted by atomic mass is 35.5. The van der Waals surface area contributed by atoms with Gasteiger partial charge < -0.3 is 14.6 Å². The Labute approximate surface area is 126 Å². The van der Waals surface area contributed by atoms with E-state index < -0.39 is 0 Å². The van der Waals surface area contributed by atoms with E-state index in [-0.39, 0.29) is 12.4 Å². The number of nitrogens with one attached hydrogen (secondary N) is 1. The van der Waals surface area contributed by atoms with Gasteiger partial charge in [0.1, 0.15) is 5.75 Å². The number of nitrogens with zero attached hydrogens (tertiary/aromatic N) is 1. The largest absolute Gasteiger partial charge is 0.497 e. The van der Waals surface area contributed by atoms with Crippen LogP contribution in [0.4, 0.5) is 0 Å². The van der Waals surface area contributed by atoms with Crippen molar-refractivity contribution in [3.8, 4) is 5.75 Å². The number of benzene rings is 1. The molecule has 2 aromatic rings. The SMILES string of the molecule is COc1ccc2[nH]c(C)c(C3CCN(C)CC3)c2c1.Cl. The van der Waals surface area contributed by atoms with Crippen LogP contribution in [-0.4, -0.2) is 37.1 Å². The summed E-state index contributed by atoms with van der Waals surface area (Å²) in [6.45, 7) is 4.58. The molecule has 0 spiro atoms. The van der Waals surface area contributed by atoms with Crippen LogP contribution in [0.15, 0.2) is 18.2 Å². The Hall–Kier alpha value is -1.19. The first-order chi connectivity index (χ1) is 9.19. The number of halogens is 1. The van der Waals surface area contributed by atoms with E-state index in [1.165, 1.54) is 48.1 Å². The first-order valence-corrected chi connectivity index (χ1v) is 7.04. The molecule has 0 aliphatic carbocycles. The monoisotopic (exact) mass is 294 g/mol. The molecule has 0 radical (unpaired) electrons. The molecule has 1 aromatic carbocycles. The normalized spacial score (nSPS) is 17.1. The summed E-state index contributed by atoms with van der Waals surface area (Å²) in [5.41, 5.74) is 4.05. The standard InChI is InChI=1S/C16H22N2O.ClH/c1-11-16(12-6-8-18(2)9-7-12)14-10-13(19-3)4-5-15(14)17-11;/h4-5,10,12,17H,6-9H2,1-3H3;1H. The summed E-state index contributed by atoms with van der Waals surface area (Å²) in [7, 11) is 3.94. The van der Waals surface area contributed by atoms with Crippen LogP contribution in [-0.2, 0) is 0 Å². The van der Waals surface area contributed by atoms with Gasteiger partial charge in [0, 0.05) is 16.6 Å². The van der Waals surface area contributed by atoms with E-state index in [1.54, 1.807) is 7.11 Å². The summed E-state index contributed by atoms with van der Waals surface area (Å²) < 4.78 is 5.37. The van der Waals surface area contributed by atoms with Crippen molar-refractivity contribution >= 4 is 23.3 Å². The molecule has 4 heteroatoms. The molecule has 2 heterocycles. The highest BCUT2D eigenvalue weighted by molar-refractivity contribution is 5.86. The smallest absolute Gasteiger partial charge is 0.119 e. The second kappa shape index (κ2) is 6.06. The highest BCUT2D eigenvalue weighted by Gasteiger charge is 2.23. The molecule has 0 unspecified atom stereocenters. The molecule has 1 saturated heterocycles. The van der Waals surface area contributed by atoms with Crippen LogP contribution in [0.25, 0.3) is 10.9 Å². The van der Waals surface area contributed by atoms with Crippen LogP contribution >= 0.6 is 12.4 Å². The van der Waals surface area contributed by atoms with Gasteiger partial charge in [0.05, 0.1) is 7.11 Å². The van der Waals surface area contributed by atoms with Gasteiger partial charge in [0.15, 0.2) is 0 Å². The van der Waals surface area contributed by atoms with E-state index in [1.807, 2.05) is 6.07 Å². The lowest BCUT2D eigenvalue weighted by Gasteiger charge is -2.29. The third kappa shape index (κ3) is 2.65. The highest BCUT2D eigenvalue weighted by Crippen LogP contribution is 2.36. The Balaban J connectivity index is 0.00000147. The summed E-state index contributed by atoms with van der Waals surface area (Å²) in [5.74, 6) is 1.62. The first kappa shape index (κ1) is 15.2. The number of aromatic nitrogens is 1. The van der Waals surface area contributed by atoms with Gasteiger partial charge in [-0.3, -0.25) is 0 Å². The van der Waals surface area contributed by atoms with Crippen LogP contribution < -0.4 is 4.74 Å². The predicted molar refractivity (Wildman–Crippen MR) is 86.3 cm³/mol. The van der Waals surface area contributed by atoms with Gasteiger partial charge >= 0.3 is 0 Å². The number of hydrogen-bond acceptors (Lipinski definition) is 2. The minimum atomic E-state index is 0. The summed E-state index contributed by atoms with van der Waals surface area (Å²) in [6.07, 6.45) is 2.50. The number of rotatable bonds is 2. The van der Waals surface area contributed by atoms with Gasteiger partial charge in [-0.05, 0) is 69.6 Å². The fourth-order valence-corrected chi connectivity index (χ4v) is 3.28. The van der Waals surface area contributed by atoms with Gasteiger partial charge in [-0.2, -0.15) is 0 Å². The Morgan fingerprint density at radius 1 is 1.25 bits per heavy atom. The Kier molecular flexibility index (Phi) is 4.61. The molecule has 1 aliphatic rings. The zero-order chi connectivity index (χ0) is 13.4. The molecule has 3 rings (SSSR count).